The Kier molecular flexibility index (Phi) is 6.41. The summed E-state index contributed by atoms with van der Waals surface area (Å²) in [4.78, 5) is 13.8. The number of hydrazone groups is 1. The lowest BCUT2D eigenvalue weighted by Crippen LogP contribution is -3.11. The van der Waals surface area contributed by atoms with Crippen molar-refractivity contribution < 1.29 is 14.8 Å². The molecule has 0 bridgehead atoms. The number of halogens is 1. The molecule has 2 aromatic carbocycles. The summed E-state index contributed by atoms with van der Waals surface area (Å²) in [7, 11) is 0. The number of phenols is 1. The van der Waals surface area contributed by atoms with Crippen molar-refractivity contribution in [3.63, 3.8) is 0 Å². The van der Waals surface area contributed by atoms with Gasteiger partial charge in [-0.1, -0.05) is 40.2 Å². The summed E-state index contributed by atoms with van der Waals surface area (Å²) in [5.41, 5.74) is 4.70. The summed E-state index contributed by atoms with van der Waals surface area (Å²) in [6.07, 6.45) is 3.30. The van der Waals surface area contributed by atoms with Crippen molar-refractivity contribution in [2.45, 2.75) is 19.4 Å². The fourth-order valence-corrected chi connectivity index (χ4v) is 3.49. The fourth-order valence-electron chi connectivity index (χ4n) is 3.22. The van der Waals surface area contributed by atoms with Gasteiger partial charge in [0.25, 0.3) is 0 Å². The maximum Gasteiger partial charge on any atom is 0.243 e. The first kappa shape index (κ1) is 18.6. The number of carbonyl (C=O) groups is 1. The maximum atomic E-state index is 12.3. The summed E-state index contributed by atoms with van der Waals surface area (Å²) >= 11 is 3.46. The number of phenolic OH excluding ortho intramolecular Hbond substituents is 1. The number of piperidine rings is 1. The van der Waals surface area contributed by atoms with Crippen molar-refractivity contribution in [1.82, 2.24) is 5.43 Å². The number of nitrogens with one attached hydrogen (secondary N) is 2. The molecule has 1 aliphatic rings. The van der Waals surface area contributed by atoms with Crippen LogP contribution >= 0.6 is 15.9 Å². The third-order valence-electron chi connectivity index (χ3n) is 4.69. The number of carbonyl (C=O) groups excluding carboxylic acids is 1. The highest BCUT2D eigenvalue weighted by atomic mass is 79.9. The second kappa shape index (κ2) is 8.96. The van der Waals surface area contributed by atoms with Gasteiger partial charge in [0, 0.05) is 22.9 Å². The third-order valence-corrected chi connectivity index (χ3v) is 5.22. The molecular weight excluding hydrogens is 394 g/mol. The van der Waals surface area contributed by atoms with E-state index >= 15 is 0 Å². The highest BCUT2D eigenvalue weighted by Crippen LogP contribution is 2.12. The molecular formula is C20H23BrN3O2+. The first-order valence-corrected chi connectivity index (χ1v) is 9.59. The lowest BCUT2D eigenvalue weighted by molar-refractivity contribution is -0.919. The van der Waals surface area contributed by atoms with E-state index < -0.39 is 0 Å². The minimum Gasteiger partial charge on any atom is -0.508 e. The number of hydrogen-bond donors (Lipinski definition) is 3. The van der Waals surface area contributed by atoms with E-state index in [1.807, 2.05) is 6.07 Å². The lowest BCUT2D eigenvalue weighted by Gasteiger charge is -2.28. The molecule has 1 fully saturated rings. The number of benzene rings is 2. The summed E-state index contributed by atoms with van der Waals surface area (Å²) < 4.78 is 1.10. The molecule has 5 nitrogen and oxygen atoms in total. The molecule has 26 heavy (non-hydrogen) atoms. The van der Waals surface area contributed by atoms with Crippen LogP contribution in [0.4, 0.5) is 0 Å². The second-order valence-electron chi connectivity index (χ2n) is 6.66. The molecule has 6 heteroatoms. The maximum absolute atomic E-state index is 12.3. The van der Waals surface area contributed by atoms with Crippen LogP contribution in [-0.4, -0.2) is 30.3 Å². The standard InChI is InChI=1S/C20H22BrN3O2/c21-18-6-4-15(5-7-18)14-24-10-8-17(9-11-24)20(26)23-22-13-16-2-1-3-19(25)12-16/h1-7,12-13,17,25H,8-11,14H2,(H,23,26)/p+1/b22-13-. The summed E-state index contributed by atoms with van der Waals surface area (Å²) in [6.45, 7) is 2.98. The van der Waals surface area contributed by atoms with Gasteiger partial charge >= 0.3 is 0 Å². The zero-order valence-corrected chi connectivity index (χ0v) is 16.1. The zero-order valence-electron chi connectivity index (χ0n) is 14.5. The second-order valence-corrected chi connectivity index (χ2v) is 7.57. The van der Waals surface area contributed by atoms with E-state index in [4.69, 9.17) is 0 Å². The van der Waals surface area contributed by atoms with E-state index in [-0.39, 0.29) is 17.6 Å². The highest BCUT2D eigenvalue weighted by molar-refractivity contribution is 9.10. The Morgan fingerprint density at radius 2 is 1.96 bits per heavy atom. The molecule has 3 rings (SSSR count). The van der Waals surface area contributed by atoms with Gasteiger partial charge < -0.3 is 10.0 Å². The Bertz CT molecular complexity index is 769. The first-order valence-electron chi connectivity index (χ1n) is 8.80. The zero-order chi connectivity index (χ0) is 18.4. The van der Waals surface area contributed by atoms with Crippen LogP contribution in [0.2, 0.25) is 0 Å². The van der Waals surface area contributed by atoms with Gasteiger partial charge in [0.2, 0.25) is 5.91 Å². The monoisotopic (exact) mass is 416 g/mol. The van der Waals surface area contributed by atoms with E-state index in [9.17, 15) is 9.90 Å². The lowest BCUT2D eigenvalue weighted by atomic mass is 9.96. The van der Waals surface area contributed by atoms with E-state index in [0.29, 0.717) is 0 Å². The first-order chi connectivity index (χ1) is 12.6. The molecule has 0 saturated carbocycles. The van der Waals surface area contributed by atoms with E-state index in [0.717, 1.165) is 42.5 Å². The summed E-state index contributed by atoms with van der Waals surface area (Å²) in [5, 5.41) is 13.4. The van der Waals surface area contributed by atoms with Crippen molar-refractivity contribution in [1.29, 1.82) is 0 Å². The van der Waals surface area contributed by atoms with E-state index in [2.05, 4.69) is 50.7 Å². The quantitative estimate of drug-likeness (QED) is 0.516. The van der Waals surface area contributed by atoms with Crippen LogP contribution in [-0.2, 0) is 11.3 Å². The topological polar surface area (TPSA) is 66.1 Å². The van der Waals surface area contributed by atoms with Gasteiger partial charge in [0.15, 0.2) is 0 Å². The Morgan fingerprint density at radius 1 is 1.23 bits per heavy atom. The number of quaternary nitrogens is 1. The van der Waals surface area contributed by atoms with Crippen molar-refractivity contribution >= 4 is 28.1 Å². The van der Waals surface area contributed by atoms with Gasteiger partial charge in [0.1, 0.15) is 12.3 Å². The molecule has 136 valence electrons. The van der Waals surface area contributed by atoms with Crippen LogP contribution in [0.5, 0.6) is 5.75 Å². The Balaban J connectivity index is 1.43. The van der Waals surface area contributed by atoms with Gasteiger partial charge in [0.05, 0.1) is 25.2 Å². The number of hydrogen-bond acceptors (Lipinski definition) is 3. The molecule has 1 saturated heterocycles. The SMILES string of the molecule is O=C(N/N=C\c1cccc(O)c1)C1CC[NH+](Cc2ccc(Br)cc2)CC1. The van der Waals surface area contributed by atoms with Crippen molar-refractivity contribution in [2.24, 2.45) is 11.0 Å². The minimum atomic E-state index is -0.0240. The van der Waals surface area contributed by atoms with Gasteiger partial charge in [-0.3, -0.25) is 4.79 Å². The van der Waals surface area contributed by atoms with Crippen LogP contribution < -0.4 is 10.3 Å². The third kappa shape index (κ3) is 5.41. The van der Waals surface area contributed by atoms with Crippen molar-refractivity contribution in [3.8, 4) is 5.75 Å². The fraction of sp³-hybridized carbons (Fsp3) is 0.300. The Morgan fingerprint density at radius 3 is 2.65 bits per heavy atom. The Hall–Kier alpha value is -2.18. The molecule has 0 aliphatic carbocycles. The van der Waals surface area contributed by atoms with Gasteiger partial charge in [-0.15, -0.1) is 0 Å². The van der Waals surface area contributed by atoms with Crippen LogP contribution in [0.1, 0.15) is 24.0 Å². The average Bonchev–Trinajstić information content (AvgIpc) is 2.64. The van der Waals surface area contributed by atoms with Gasteiger partial charge in [-0.05, 0) is 29.8 Å². The number of nitrogens with zero attached hydrogens (tertiary/aromatic N) is 1. The number of rotatable bonds is 5. The smallest absolute Gasteiger partial charge is 0.243 e. The molecule has 0 radical (unpaired) electrons. The molecule has 0 aromatic heterocycles. The predicted molar refractivity (Wildman–Crippen MR) is 105 cm³/mol. The molecule has 0 spiro atoms. The van der Waals surface area contributed by atoms with E-state index in [1.165, 1.54) is 10.5 Å². The predicted octanol–water partition coefficient (Wildman–Crippen LogP) is 2.10. The van der Waals surface area contributed by atoms with E-state index in [1.54, 1.807) is 24.4 Å². The van der Waals surface area contributed by atoms with Gasteiger partial charge in [-0.2, -0.15) is 5.10 Å². The number of likely N-dealkylation sites (tertiary alicyclic amines) is 1. The molecule has 3 N–H and O–H groups in total. The summed E-state index contributed by atoms with van der Waals surface area (Å²) in [6, 6.07) is 15.2. The number of amides is 1. The van der Waals surface area contributed by atoms with Gasteiger partial charge in [-0.25, -0.2) is 5.43 Å². The Labute approximate surface area is 161 Å². The van der Waals surface area contributed by atoms with Crippen LogP contribution in [0.15, 0.2) is 58.1 Å². The van der Waals surface area contributed by atoms with Crippen molar-refractivity contribution in [2.75, 3.05) is 13.1 Å². The molecule has 1 amide bonds. The highest BCUT2D eigenvalue weighted by Gasteiger charge is 2.27. The number of aromatic hydroxyl groups is 1. The molecule has 2 aromatic rings. The minimum absolute atomic E-state index is 0.0185. The van der Waals surface area contributed by atoms with Crippen LogP contribution in [0.3, 0.4) is 0 Å². The average molecular weight is 417 g/mol. The van der Waals surface area contributed by atoms with Crippen LogP contribution in [0.25, 0.3) is 0 Å². The normalized spacial score (nSPS) is 20.2. The largest absolute Gasteiger partial charge is 0.508 e. The molecule has 0 atom stereocenters. The van der Waals surface area contributed by atoms with Crippen molar-refractivity contribution in [3.05, 3.63) is 64.1 Å². The molecule has 0 unspecified atom stereocenters. The molecule has 1 aliphatic heterocycles. The summed E-state index contributed by atoms with van der Waals surface area (Å²) in [5.74, 6) is 0.176. The van der Waals surface area contributed by atoms with Crippen LogP contribution in [0, 0.1) is 5.92 Å². The molecule has 1 heterocycles.